The summed E-state index contributed by atoms with van der Waals surface area (Å²) in [5, 5.41) is 23.3. The third kappa shape index (κ3) is 6.61. The van der Waals surface area contributed by atoms with Crippen molar-refractivity contribution in [1.82, 2.24) is 35.1 Å². The number of aliphatic hydroxyl groups is 1. The molecule has 8 rings (SSSR count). The Balaban J connectivity index is 0.850. The molecule has 51 heavy (non-hydrogen) atoms. The van der Waals surface area contributed by atoms with Crippen LogP contribution in [0.5, 0.6) is 5.75 Å². The lowest BCUT2D eigenvalue weighted by atomic mass is 9.89. The zero-order valence-corrected chi connectivity index (χ0v) is 28.8. The molecule has 3 aliphatic heterocycles. The highest BCUT2D eigenvalue weighted by Crippen LogP contribution is 2.38. The molecule has 0 radical (unpaired) electrons. The highest BCUT2D eigenvalue weighted by atomic mass is 16.5. The summed E-state index contributed by atoms with van der Waals surface area (Å²) in [5.41, 5.74) is 3.71. The van der Waals surface area contributed by atoms with Crippen LogP contribution < -0.4 is 25.6 Å². The number of carbonyl (C=O) groups is 3. The average molecular weight is 694 g/mol. The first kappa shape index (κ1) is 33.1. The molecule has 6 heterocycles. The zero-order valence-electron chi connectivity index (χ0n) is 28.8. The van der Waals surface area contributed by atoms with Crippen molar-refractivity contribution in [3.8, 4) is 5.75 Å². The van der Waals surface area contributed by atoms with Crippen LogP contribution in [0, 0.1) is 0 Å². The Morgan fingerprint density at radius 2 is 1.84 bits per heavy atom. The minimum absolute atomic E-state index is 0.00887. The van der Waals surface area contributed by atoms with Crippen LogP contribution in [0.4, 0.5) is 11.5 Å². The predicted molar refractivity (Wildman–Crippen MR) is 189 cm³/mol. The monoisotopic (exact) mass is 693 g/mol. The Hall–Kier alpha value is -5.08. The Morgan fingerprint density at radius 3 is 2.59 bits per heavy atom. The van der Waals surface area contributed by atoms with E-state index in [1.54, 1.807) is 35.2 Å². The maximum Gasteiger partial charge on any atom is 0.261 e. The molecule has 14 heteroatoms. The van der Waals surface area contributed by atoms with Gasteiger partial charge in [-0.15, -0.1) is 0 Å². The van der Waals surface area contributed by atoms with E-state index in [0.29, 0.717) is 59.7 Å². The van der Waals surface area contributed by atoms with E-state index < -0.39 is 6.23 Å². The van der Waals surface area contributed by atoms with Crippen LogP contribution in [-0.2, 0) is 11.3 Å². The van der Waals surface area contributed by atoms with Gasteiger partial charge in [0.1, 0.15) is 23.4 Å². The number of aromatic nitrogens is 4. The third-order valence-corrected chi connectivity index (χ3v) is 10.5. The van der Waals surface area contributed by atoms with E-state index in [1.807, 2.05) is 36.9 Å². The van der Waals surface area contributed by atoms with Gasteiger partial charge < -0.3 is 35.6 Å². The summed E-state index contributed by atoms with van der Waals surface area (Å²) in [6, 6.07) is 10.3. The minimum Gasteiger partial charge on any atom is -0.489 e. The summed E-state index contributed by atoms with van der Waals surface area (Å²) in [6.07, 6.45) is 10.7. The largest absolute Gasteiger partial charge is 0.489 e. The third-order valence-electron chi connectivity index (χ3n) is 10.5. The van der Waals surface area contributed by atoms with Crippen molar-refractivity contribution in [1.29, 1.82) is 0 Å². The molecule has 1 saturated carbocycles. The number of nitrogens with zero attached hydrogens (tertiary/aromatic N) is 6. The van der Waals surface area contributed by atoms with Crippen molar-refractivity contribution in [2.45, 2.75) is 95.3 Å². The maximum absolute atomic E-state index is 13.7. The van der Waals surface area contributed by atoms with Gasteiger partial charge in [0, 0.05) is 61.9 Å². The van der Waals surface area contributed by atoms with Crippen LogP contribution in [-0.4, -0.2) is 90.9 Å². The first-order chi connectivity index (χ1) is 24.7. The van der Waals surface area contributed by atoms with Crippen molar-refractivity contribution in [3.05, 3.63) is 77.4 Å². The number of hydrogen-bond donors (Lipinski definition) is 4. The predicted octanol–water partition coefficient (Wildman–Crippen LogP) is 3.22. The van der Waals surface area contributed by atoms with E-state index in [-0.39, 0.29) is 35.8 Å². The SMILES string of the molecule is CC(C)Oc1cc2c(cc1NC(=O)c1cnn3cccnc13)CN(C1CCC(NC3CN(c4ccc(C5CCC(O)NC5=O)cn4)C3)CC1)C2=O. The van der Waals surface area contributed by atoms with Crippen LogP contribution in [0.25, 0.3) is 5.65 Å². The van der Waals surface area contributed by atoms with E-state index in [0.717, 1.165) is 55.7 Å². The topological polar surface area (TPSA) is 166 Å². The van der Waals surface area contributed by atoms with E-state index in [1.165, 1.54) is 6.20 Å². The van der Waals surface area contributed by atoms with Crippen molar-refractivity contribution in [3.63, 3.8) is 0 Å². The van der Waals surface area contributed by atoms with E-state index in [2.05, 4.69) is 35.9 Å². The normalized spacial score (nSPS) is 23.7. The first-order valence-electron chi connectivity index (χ1n) is 17.9. The average Bonchev–Trinajstić information content (AvgIpc) is 3.67. The summed E-state index contributed by atoms with van der Waals surface area (Å²) in [4.78, 5) is 52.5. The Bertz CT molecular complexity index is 1950. The van der Waals surface area contributed by atoms with E-state index >= 15 is 0 Å². The zero-order chi connectivity index (χ0) is 35.2. The number of fused-ring (bicyclic) bond motifs is 2. The molecule has 2 atom stereocenters. The minimum atomic E-state index is -0.759. The molecule has 4 aromatic rings. The van der Waals surface area contributed by atoms with Gasteiger partial charge >= 0.3 is 0 Å². The number of hydrogen-bond acceptors (Lipinski definition) is 10. The lowest BCUT2D eigenvalue weighted by Crippen LogP contribution is -2.61. The van der Waals surface area contributed by atoms with Crippen LogP contribution in [0.3, 0.4) is 0 Å². The standard InChI is InChI=1S/C37H43N9O5/c1-21(2)51-31-15-28-23(14-30(31)42-36(49)29-17-40-46-13-3-12-38-34(29)46)18-45(37(28)50)26-7-5-24(6-8-26)41-25-19-44(20-25)32-10-4-22(16-39-32)27-9-11-33(47)43-35(27)48/h3-4,10,12-17,21,24-27,33,41,47H,5-9,11,18-20H2,1-2H3,(H,42,49)(H,43,48). The molecule has 3 amide bonds. The molecule has 2 unspecified atom stereocenters. The summed E-state index contributed by atoms with van der Waals surface area (Å²) in [5.74, 6) is 0.609. The van der Waals surface area contributed by atoms with Gasteiger partial charge in [0.25, 0.3) is 11.8 Å². The van der Waals surface area contributed by atoms with Crippen molar-refractivity contribution >= 4 is 34.9 Å². The van der Waals surface area contributed by atoms with E-state index in [4.69, 9.17) is 4.74 Å². The van der Waals surface area contributed by atoms with E-state index in [9.17, 15) is 19.5 Å². The number of anilines is 2. The summed E-state index contributed by atoms with van der Waals surface area (Å²) in [7, 11) is 0. The summed E-state index contributed by atoms with van der Waals surface area (Å²) < 4.78 is 7.64. The molecule has 266 valence electrons. The molecular weight excluding hydrogens is 650 g/mol. The molecule has 3 fully saturated rings. The smallest absolute Gasteiger partial charge is 0.261 e. The Morgan fingerprint density at radius 1 is 1.02 bits per heavy atom. The van der Waals surface area contributed by atoms with Crippen LogP contribution in [0.15, 0.2) is 55.1 Å². The quantitative estimate of drug-likeness (QED) is 0.205. The Labute approximate surface area is 295 Å². The van der Waals surface area contributed by atoms with Gasteiger partial charge in [0.15, 0.2) is 5.65 Å². The number of rotatable bonds is 9. The number of piperidine rings is 1. The Kier molecular flexibility index (Phi) is 8.80. The van der Waals surface area contributed by atoms with Crippen LogP contribution in [0.2, 0.25) is 0 Å². The number of aliphatic hydroxyl groups excluding tert-OH is 1. The molecule has 1 aromatic carbocycles. The highest BCUT2D eigenvalue weighted by Gasteiger charge is 2.38. The fourth-order valence-electron chi connectivity index (χ4n) is 7.85. The number of nitrogens with one attached hydrogen (secondary N) is 3. The number of amides is 3. The van der Waals surface area contributed by atoms with Crippen molar-refractivity contribution in [2.24, 2.45) is 0 Å². The van der Waals surface area contributed by atoms with Crippen LogP contribution >= 0.6 is 0 Å². The number of benzene rings is 1. The summed E-state index contributed by atoms with van der Waals surface area (Å²) >= 11 is 0. The van der Waals surface area contributed by atoms with Gasteiger partial charge in [-0.2, -0.15) is 5.10 Å². The second-order valence-electron chi connectivity index (χ2n) is 14.4. The number of pyridine rings is 1. The van der Waals surface area contributed by atoms with Gasteiger partial charge in [0.2, 0.25) is 5.91 Å². The number of carbonyl (C=O) groups excluding carboxylic acids is 3. The van der Waals surface area contributed by atoms with Crippen molar-refractivity contribution < 1.29 is 24.2 Å². The number of ether oxygens (including phenoxy) is 1. The summed E-state index contributed by atoms with van der Waals surface area (Å²) in [6.45, 7) is 6.07. The lowest BCUT2D eigenvalue weighted by molar-refractivity contribution is -0.128. The molecule has 1 aliphatic carbocycles. The van der Waals surface area contributed by atoms with Crippen molar-refractivity contribution in [2.75, 3.05) is 23.3 Å². The second kappa shape index (κ2) is 13.6. The van der Waals surface area contributed by atoms with Gasteiger partial charge in [-0.25, -0.2) is 14.5 Å². The molecule has 4 N–H and O–H groups in total. The first-order valence-corrected chi connectivity index (χ1v) is 17.9. The molecule has 0 bridgehead atoms. The van der Waals surface area contributed by atoms with Gasteiger partial charge in [0.05, 0.1) is 23.9 Å². The highest BCUT2D eigenvalue weighted by molar-refractivity contribution is 6.09. The van der Waals surface area contributed by atoms with Gasteiger partial charge in [-0.1, -0.05) is 6.07 Å². The maximum atomic E-state index is 13.7. The van der Waals surface area contributed by atoms with Crippen LogP contribution in [0.1, 0.15) is 90.1 Å². The molecular formula is C37H43N9O5. The molecule has 2 saturated heterocycles. The van der Waals surface area contributed by atoms with Gasteiger partial charge in [-0.3, -0.25) is 14.4 Å². The molecule has 4 aliphatic rings. The fraction of sp³-hybridized carbons (Fsp3) is 0.459. The molecule has 3 aromatic heterocycles. The molecule has 0 spiro atoms. The molecule has 14 nitrogen and oxygen atoms in total. The van der Waals surface area contributed by atoms with Gasteiger partial charge in [-0.05, 0) is 87.8 Å². The lowest BCUT2D eigenvalue weighted by Gasteiger charge is -2.44. The second-order valence-corrected chi connectivity index (χ2v) is 14.4. The fourth-order valence-corrected chi connectivity index (χ4v) is 7.85.